The average Bonchev–Trinajstić information content (AvgIpc) is 3.01. The lowest BCUT2D eigenvalue weighted by Gasteiger charge is -2.30. The van der Waals surface area contributed by atoms with Crippen LogP contribution in [0.2, 0.25) is 0 Å². The Morgan fingerprint density at radius 2 is 1.86 bits per heavy atom. The molecule has 0 unspecified atom stereocenters. The molecular weight excluding hydrogens is 266 g/mol. The average molecular weight is 287 g/mol. The maximum Gasteiger partial charge on any atom is 0.308 e. The molecule has 0 aromatic heterocycles. The third-order valence-electron chi connectivity index (χ3n) is 4.66. The summed E-state index contributed by atoms with van der Waals surface area (Å²) in [5, 5.41) is 0. The monoisotopic (exact) mass is 287 g/mol. The first-order valence-corrected chi connectivity index (χ1v) is 7.68. The smallest absolute Gasteiger partial charge is 0.308 e. The molecule has 1 aromatic rings. The zero-order valence-electron chi connectivity index (χ0n) is 12.4. The summed E-state index contributed by atoms with van der Waals surface area (Å²) in [4.78, 5) is 25.9. The second-order valence-electron chi connectivity index (χ2n) is 5.93. The van der Waals surface area contributed by atoms with Crippen LogP contribution >= 0.6 is 0 Å². The van der Waals surface area contributed by atoms with Crippen molar-refractivity contribution in [1.82, 2.24) is 4.90 Å². The van der Waals surface area contributed by atoms with Crippen LogP contribution in [0.15, 0.2) is 18.2 Å². The highest BCUT2D eigenvalue weighted by atomic mass is 16.5. The van der Waals surface area contributed by atoms with E-state index in [1.165, 1.54) is 24.7 Å². The lowest BCUT2D eigenvalue weighted by atomic mass is 9.96. The third-order valence-corrected chi connectivity index (χ3v) is 4.66. The minimum Gasteiger partial charge on any atom is -0.469 e. The first-order chi connectivity index (χ1) is 10.2. The molecule has 4 heteroatoms. The summed E-state index contributed by atoms with van der Waals surface area (Å²) in [6.45, 7) is 1.27. The Bertz CT molecular complexity index is 559. The number of fused-ring (bicyclic) bond motifs is 1. The molecule has 3 rings (SSSR count). The van der Waals surface area contributed by atoms with Crippen LogP contribution in [0.3, 0.4) is 0 Å². The van der Waals surface area contributed by atoms with Crippen molar-refractivity contribution in [3.05, 3.63) is 34.9 Å². The maximum absolute atomic E-state index is 12.6. The Labute approximate surface area is 125 Å². The Hall–Kier alpha value is -1.84. The van der Waals surface area contributed by atoms with Crippen LogP contribution in [0.4, 0.5) is 0 Å². The molecule has 1 aromatic carbocycles. The number of piperidine rings is 1. The minimum atomic E-state index is -0.153. The number of benzene rings is 1. The Balaban J connectivity index is 1.65. The van der Waals surface area contributed by atoms with E-state index in [0.29, 0.717) is 25.9 Å². The fraction of sp³-hybridized carbons (Fsp3) is 0.529. The van der Waals surface area contributed by atoms with E-state index in [4.69, 9.17) is 4.74 Å². The highest BCUT2D eigenvalue weighted by Crippen LogP contribution is 2.25. The Morgan fingerprint density at radius 1 is 1.14 bits per heavy atom. The van der Waals surface area contributed by atoms with Crippen molar-refractivity contribution in [3.63, 3.8) is 0 Å². The standard InChI is InChI=1S/C17H21NO3/c1-21-17(20)13-7-9-18(10-8-13)16(19)15-6-5-12-3-2-4-14(12)11-15/h5-6,11,13H,2-4,7-10H2,1H3. The molecule has 1 fully saturated rings. The fourth-order valence-corrected chi connectivity index (χ4v) is 3.37. The van der Waals surface area contributed by atoms with Gasteiger partial charge in [0.05, 0.1) is 13.0 Å². The number of nitrogens with zero attached hydrogens (tertiary/aromatic N) is 1. The van der Waals surface area contributed by atoms with Crippen LogP contribution in [0.25, 0.3) is 0 Å². The van der Waals surface area contributed by atoms with Crippen LogP contribution in [0.1, 0.15) is 40.7 Å². The van der Waals surface area contributed by atoms with Gasteiger partial charge in [-0.3, -0.25) is 9.59 Å². The molecule has 1 amide bonds. The Kier molecular flexibility index (Phi) is 3.95. The van der Waals surface area contributed by atoms with Gasteiger partial charge in [0, 0.05) is 18.7 Å². The predicted octanol–water partition coefficient (Wildman–Crippen LogP) is 2.20. The van der Waals surface area contributed by atoms with Crippen molar-refractivity contribution in [1.29, 1.82) is 0 Å². The highest BCUT2D eigenvalue weighted by molar-refractivity contribution is 5.94. The molecule has 1 aliphatic heterocycles. The van der Waals surface area contributed by atoms with Crippen LogP contribution in [-0.4, -0.2) is 37.0 Å². The second kappa shape index (κ2) is 5.88. The van der Waals surface area contributed by atoms with Gasteiger partial charge in [0.1, 0.15) is 0 Å². The SMILES string of the molecule is COC(=O)C1CCN(C(=O)c2ccc3c(c2)CCC3)CC1. The normalized spacial score (nSPS) is 18.4. The molecule has 21 heavy (non-hydrogen) atoms. The topological polar surface area (TPSA) is 46.6 Å². The number of hydrogen-bond donors (Lipinski definition) is 0. The lowest BCUT2D eigenvalue weighted by Crippen LogP contribution is -2.40. The molecule has 0 N–H and O–H groups in total. The summed E-state index contributed by atoms with van der Waals surface area (Å²) >= 11 is 0. The number of esters is 1. The third kappa shape index (κ3) is 2.80. The van der Waals surface area contributed by atoms with E-state index >= 15 is 0 Å². The van der Waals surface area contributed by atoms with E-state index in [2.05, 4.69) is 12.1 Å². The van der Waals surface area contributed by atoms with Crippen molar-refractivity contribution in [3.8, 4) is 0 Å². The van der Waals surface area contributed by atoms with Crippen molar-refractivity contribution in [2.45, 2.75) is 32.1 Å². The van der Waals surface area contributed by atoms with Crippen LogP contribution in [0, 0.1) is 5.92 Å². The van der Waals surface area contributed by atoms with E-state index < -0.39 is 0 Å². The van der Waals surface area contributed by atoms with E-state index in [-0.39, 0.29) is 17.8 Å². The summed E-state index contributed by atoms with van der Waals surface area (Å²) in [5.41, 5.74) is 3.49. The maximum atomic E-state index is 12.6. The first kappa shape index (κ1) is 14.1. The van der Waals surface area contributed by atoms with E-state index in [1.807, 2.05) is 11.0 Å². The lowest BCUT2D eigenvalue weighted by molar-refractivity contribution is -0.146. The van der Waals surface area contributed by atoms with Gasteiger partial charge in [-0.05, 0) is 55.4 Å². The minimum absolute atomic E-state index is 0.0564. The van der Waals surface area contributed by atoms with Gasteiger partial charge in [0.25, 0.3) is 5.91 Å². The summed E-state index contributed by atoms with van der Waals surface area (Å²) in [5.74, 6) is -0.119. The number of ether oxygens (including phenoxy) is 1. The number of aryl methyl sites for hydroxylation is 2. The predicted molar refractivity (Wildman–Crippen MR) is 79.1 cm³/mol. The van der Waals surface area contributed by atoms with Gasteiger partial charge >= 0.3 is 5.97 Å². The number of amides is 1. The number of carbonyl (C=O) groups is 2. The molecule has 4 nitrogen and oxygen atoms in total. The largest absolute Gasteiger partial charge is 0.469 e. The van der Waals surface area contributed by atoms with Gasteiger partial charge in [0.15, 0.2) is 0 Å². The van der Waals surface area contributed by atoms with Crippen LogP contribution in [0.5, 0.6) is 0 Å². The number of carbonyl (C=O) groups excluding carboxylic acids is 2. The molecule has 0 saturated carbocycles. The molecule has 0 bridgehead atoms. The van der Waals surface area contributed by atoms with Crippen molar-refractivity contribution >= 4 is 11.9 Å². The van der Waals surface area contributed by atoms with Gasteiger partial charge in [0.2, 0.25) is 0 Å². The molecule has 0 radical (unpaired) electrons. The Morgan fingerprint density at radius 3 is 2.57 bits per heavy atom. The highest BCUT2D eigenvalue weighted by Gasteiger charge is 2.28. The summed E-state index contributed by atoms with van der Waals surface area (Å²) in [6, 6.07) is 6.09. The van der Waals surface area contributed by atoms with Crippen molar-refractivity contribution in [2.24, 2.45) is 5.92 Å². The number of methoxy groups -OCH3 is 1. The van der Waals surface area contributed by atoms with E-state index in [1.54, 1.807) is 0 Å². The molecule has 2 aliphatic rings. The van der Waals surface area contributed by atoms with Gasteiger partial charge in [-0.15, -0.1) is 0 Å². The molecule has 1 heterocycles. The van der Waals surface area contributed by atoms with E-state index in [0.717, 1.165) is 18.4 Å². The van der Waals surface area contributed by atoms with Gasteiger partial charge in [-0.2, -0.15) is 0 Å². The second-order valence-corrected chi connectivity index (χ2v) is 5.93. The zero-order chi connectivity index (χ0) is 14.8. The van der Waals surface area contributed by atoms with Gasteiger partial charge in [-0.25, -0.2) is 0 Å². The molecule has 1 saturated heterocycles. The van der Waals surface area contributed by atoms with Gasteiger partial charge < -0.3 is 9.64 Å². The molecule has 0 atom stereocenters. The zero-order valence-corrected chi connectivity index (χ0v) is 12.4. The number of likely N-dealkylation sites (tertiary alicyclic amines) is 1. The quantitative estimate of drug-likeness (QED) is 0.783. The molecule has 1 aliphatic carbocycles. The molecule has 0 spiro atoms. The van der Waals surface area contributed by atoms with Gasteiger partial charge in [-0.1, -0.05) is 6.07 Å². The molecule has 112 valence electrons. The number of rotatable bonds is 2. The summed E-state index contributed by atoms with van der Waals surface area (Å²) in [7, 11) is 1.42. The van der Waals surface area contributed by atoms with Crippen LogP contribution < -0.4 is 0 Å². The molecular formula is C17H21NO3. The number of hydrogen-bond acceptors (Lipinski definition) is 3. The fourth-order valence-electron chi connectivity index (χ4n) is 3.37. The first-order valence-electron chi connectivity index (χ1n) is 7.68. The summed E-state index contributed by atoms with van der Waals surface area (Å²) in [6.07, 6.45) is 4.80. The van der Waals surface area contributed by atoms with Crippen molar-refractivity contribution in [2.75, 3.05) is 20.2 Å². The van der Waals surface area contributed by atoms with E-state index in [9.17, 15) is 9.59 Å². The van der Waals surface area contributed by atoms with Crippen LogP contribution in [-0.2, 0) is 22.4 Å². The van der Waals surface area contributed by atoms with Crippen molar-refractivity contribution < 1.29 is 14.3 Å². The summed E-state index contributed by atoms with van der Waals surface area (Å²) < 4.78 is 4.78.